The molecule has 0 fully saturated rings. The molecule has 1 heterocycles. The highest BCUT2D eigenvalue weighted by atomic mass is 35.5. The van der Waals surface area contributed by atoms with E-state index in [-0.39, 0.29) is 5.97 Å². The van der Waals surface area contributed by atoms with E-state index in [4.69, 9.17) is 32.9 Å². The number of halogens is 2. The molecule has 0 bridgehead atoms. The largest absolute Gasteiger partial charge is 0.466 e. The van der Waals surface area contributed by atoms with Crippen LogP contribution in [0, 0.1) is 0 Å². The van der Waals surface area contributed by atoms with E-state index in [0.717, 1.165) is 22.0 Å². The Morgan fingerprint density at radius 3 is 2.50 bits per heavy atom. The van der Waals surface area contributed by atoms with Crippen LogP contribution in [-0.2, 0) is 16.1 Å². The predicted octanol–water partition coefficient (Wildman–Crippen LogP) is 7.10. The number of nitrogens with zero attached hydrogens (tertiary/aromatic N) is 2. The van der Waals surface area contributed by atoms with E-state index in [1.54, 1.807) is 6.07 Å². The summed E-state index contributed by atoms with van der Waals surface area (Å²) in [6, 6.07) is 15.6. The third-order valence-electron chi connectivity index (χ3n) is 4.09. The van der Waals surface area contributed by atoms with Gasteiger partial charge in [0.1, 0.15) is 0 Å². The summed E-state index contributed by atoms with van der Waals surface area (Å²) in [6.45, 7) is 7.39. The number of benzene rings is 2. The minimum atomic E-state index is -0.207. The molecule has 0 spiro atoms. The second kappa shape index (κ2) is 12.6. The van der Waals surface area contributed by atoms with Gasteiger partial charge in [-0.05, 0) is 24.6 Å². The van der Waals surface area contributed by atoms with Crippen molar-refractivity contribution in [2.75, 3.05) is 18.1 Å². The lowest BCUT2D eigenvalue weighted by molar-refractivity contribution is -0.142. The molecule has 3 rings (SSSR count). The van der Waals surface area contributed by atoms with Crippen molar-refractivity contribution in [2.45, 2.75) is 33.7 Å². The molecule has 0 aliphatic rings. The molecular formula is C23H26Cl2N2O2S. The fourth-order valence-corrected chi connectivity index (χ4v) is 3.86. The van der Waals surface area contributed by atoms with Crippen LogP contribution in [0.3, 0.4) is 0 Å². The second-order valence-electron chi connectivity index (χ2n) is 6.11. The standard InChI is InChI=1S/C21H20Cl2N2O2S.C2H6/c1-2-27-20(26)10-11-25(13-15-6-4-3-5-7-15)21-24-19(14-28-21)16-8-9-17(22)18(23)12-16;1-2/h3-9,12,14H,2,10-11,13H2,1H3;1-2H3. The molecule has 4 nitrogen and oxygen atoms in total. The number of rotatable bonds is 8. The molecule has 0 radical (unpaired) electrons. The summed E-state index contributed by atoms with van der Waals surface area (Å²) in [5.41, 5.74) is 2.88. The highest BCUT2D eigenvalue weighted by Crippen LogP contribution is 2.32. The number of ether oxygens (including phenoxy) is 1. The van der Waals surface area contributed by atoms with E-state index in [1.165, 1.54) is 11.3 Å². The summed E-state index contributed by atoms with van der Waals surface area (Å²) in [5, 5.41) is 3.84. The number of anilines is 1. The molecule has 7 heteroatoms. The molecule has 2 aromatic carbocycles. The number of esters is 1. The van der Waals surface area contributed by atoms with Crippen LogP contribution in [0.5, 0.6) is 0 Å². The first-order chi connectivity index (χ1) is 14.6. The van der Waals surface area contributed by atoms with E-state index < -0.39 is 0 Å². The molecule has 0 atom stereocenters. The molecule has 0 amide bonds. The average molecular weight is 465 g/mol. The number of hydrogen-bond acceptors (Lipinski definition) is 5. The quantitative estimate of drug-likeness (QED) is 0.333. The van der Waals surface area contributed by atoms with Crippen molar-refractivity contribution in [3.05, 3.63) is 69.5 Å². The fraction of sp³-hybridized carbons (Fsp3) is 0.304. The number of carbonyl (C=O) groups is 1. The smallest absolute Gasteiger partial charge is 0.307 e. The third kappa shape index (κ3) is 7.01. The normalized spacial score (nSPS) is 10.2. The Balaban J connectivity index is 0.00000155. The van der Waals surface area contributed by atoms with Gasteiger partial charge in [0.25, 0.3) is 0 Å². The SMILES string of the molecule is CC.CCOC(=O)CCN(Cc1ccccc1)c1nc(-c2ccc(Cl)c(Cl)c2)cs1. The first-order valence-corrected chi connectivity index (χ1v) is 11.6. The van der Waals surface area contributed by atoms with Crippen LogP contribution in [0.4, 0.5) is 5.13 Å². The molecule has 0 aliphatic carbocycles. The number of thiazole rings is 1. The van der Waals surface area contributed by atoms with Crippen LogP contribution in [0.15, 0.2) is 53.9 Å². The van der Waals surface area contributed by atoms with Crippen molar-refractivity contribution in [3.63, 3.8) is 0 Å². The van der Waals surface area contributed by atoms with E-state index in [1.807, 2.05) is 56.5 Å². The van der Waals surface area contributed by atoms with Crippen LogP contribution in [0.2, 0.25) is 10.0 Å². The first kappa shape index (κ1) is 24.2. The van der Waals surface area contributed by atoms with Crippen molar-refractivity contribution >= 4 is 45.6 Å². The van der Waals surface area contributed by atoms with Gasteiger partial charge in [0.2, 0.25) is 0 Å². The van der Waals surface area contributed by atoms with Crippen LogP contribution in [-0.4, -0.2) is 24.1 Å². The van der Waals surface area contributed by atoms with Gasteiger partial charge < -0.3 is 9.64 Å². The molecule has 0 N–H and O–H groups in total. The van der Waals surface area contributed by atoms with Crippen molar-refractivity contribution in [1.29, 1.82) is 0 Å². The van der Waals surface area contributed by atoms with E-state index in [9.17, 15) is 4.79 Å². The highest BCUT2D eigenvalue weighted by molar-refractivity contribution is 7.14. The summed E-state index contributed by atoms with van der Waals surface area (Å²) < 4.78 is 5.07. The zero-order valence-electron chi connectivity index (χ0n) is 17.4. The van der Waals surface area contributed by atoms with E-state index in [2.05, 4.69) is 17.0 Å². The number of hydrogen-bond donors (Lipinski definition) is 0. The van der Waals surface area contributed by atoms with Crippen molar-refractivity contribution in [1.82, 2.24) is 4.98 Å². The molecule has 0 saturated heterocycles. The highest BCUT2D eigenvalue weighted by Gasteiger charge is 2.15. The Kier molecular flexibility index (Phi) is 10.1. The summed E-state index contributed by atoms with van der Waals surface area (Å²) in [7, 11) is 0. The molecule has 0 aliphatic heterocycles. The van der Waals surface area contributed by atoms with Crippen LogP contribution in [0.25, 0.3) is 11.3 Å². The van der Waals surface area contributed by atoms with E-state index >= 15 is 0 Å². The van der Waals surface area contributed by atoms with Gasteiger partial charge in [-0.1, -0.05) is 73.4 Å². The summed E-state index contributed by atoms with van der Waals surface area (Å²) in [5.74, 6) is -0.207. The zero-order valence-corrected chi connectivity index (χ0v) is 19.7. The van der Waals surface area contributed by atoms with Gasteiger partial charge in [0, 0.05) is 24.0 Å². The minimum Gasteiger partial charge on any atom is -0.466 e. The van der Waals surface area contributed by atoms with Crippen molar-refractivity contribution < 1.29 is 9.53 Å². The Bertz CT molecular complexity index is 932. The monoisotopic (exact) mass is 464 g/mol. The lowest BCUT2D eigenvalue weighted by atomic mass is 10.2. The summed E-state index contributed by atoms with van der Waals surface area (Å²) >= 11 is 13.7. The molecule has 1 aromatic heterocycles. The molecule has 0 saturated carbocycles. The third-order valence-corrected chi connectivity index (χ3v) is 5.73. The van der Waals surface area contributed by atoms with Gasteiger partial charge in [0.05, 0.1) is 28.8 Å². The maximum Gasteiger partial charge on any atom is 0.307 e. The second-order valence-corrected chi connectivity index (χ2v) is 7.76. The van der Waals surface area contributed by atoms with Crippen LogP contribution in [0.1, 0.15) is 32.8 Å². The van der Waals surface area contributed by atoms with Crippen molar-refractivity contribution in [3.8, 4) is 11.3 Å². The Morgan fingerprint density at radius 2 is 1.83 bits per heavy atom. The molecule has 0 unspecified atom stereocenters. The van der Waals surface area contributed by atoms with Gasteiger partial charge >= 0.3 is 5.97 Å². The lowest BCUT2D eigenvalue weighted by Crippen LogP contribution is -2.26. The van der Waals surface area contributed by atoms with E-state index in [0.29, 0.717) is 36.2 Å². The minimum absolute atomic E-state index is 0.207. The molecular weight excluding hydrogens is 439 g/mol. The first-order valence-electron chi connectivity index (χ1n) is 9.92. The maximum atomic E-state index is 11.8. The zero-order chi connectivity index (χ0) is 21.9. The van der Waals surface area contributed by atoms with Gasteiger partial charge in [0.15, 0.2) is 5.13 Å². The van der Waals surface area contributed by atoms with Gasteiger partial charge in [-0.25, -0.2) is 4.98 Å². The van der Waals surface area contributed by atoms with Gasteiger partial charge in [-0.3, -0.25) is 4.79 Å². The van der Waals surface area contributed by atoms with Crippen LogP contribution >= 0.6 is 34.5 Å². The molecule has 3 aromatic rings. The topological polar surface area (TPSA) is 42.4 Å². The van der Waals surface area contributed by atoms with Gasteiger partial charge in [-0.2, -0.15) is 0 Å². The van der Waals surface area contributed by atoms with Gasteiger partial charge in [-0.15, -0.1) is 11.3 Å². The Hall–Kier alpha value is -2.08. The van der Waals surface area contributed by atoms with Crippen molar-refractivity contribution in [2.24, 2.45) is 0 Å². The maximum absolute atomic E-state index is 11.8. The predicted molar refractivity (Wildman–Crippen MR) is 128 cm³/mol. The number of aromatic nitrogens is 1. The Labute approximate surface area is 192 Å². The average Bonchev–Trinajstić information content (AvgIpc) is 3.25. The lowest BCUT2D eigenvalue weighted by Gasteiger charge is -2.21. The van der Waals surface area contributed by atoms with Crippen LogP contribution < -0.4 is 4.90 Å². The number of carbonyl (C=O) groups excluding carboxylic acids is 1. The summed E-state index contributed by atoms with van der Waals surface area (Å²) in [4.78, 5) is 18.7. The fourth-order valence-electron chi connectivity index (χ4n) is 2.70. The Morgan fingerprint density at radius 1 is 1.10 bits per heavy atom. The molecule has 160 valence electrons. The molecule has 30 heavy (non-hydrogen) atoms. The summed E-state index contributed by atoms with van der Waals surface area (Å²) in [6.07, 6.45) is 0.308.